The van der Waals surface area contributed by atoms with Gasteiger partial charge in [0.05, 0.1) is 17.6 Å². The van der Waals surface area contributed by atoms with Crippen LogP contribution in [-0.2, 0) is 16.9 Å². The second-order valence-electron chi connectivity index (χ2n) is 8.57. The van der Waals surface area contributed by atoms with Crippen LogP contribution < -0.4 is 4.90 Å². The first-order chi connectivity index (χ1) is 16.5. The molecule has 0 amide bonds. The summed E-state index contributed by atoms with van der Waals surface area (Å²) in [5, 5.41) is 23.6. The molecule has 0 spiro atoms. The SMILES string of the molecule is CC1=CC(OCc2ncc(F)cc2F)=C(Cl)[C@@H](O)N1c1cc(-c2nc(C(C)(C)O)cs2)ncc1C. The minimum Gasteiger partial charge on any atom is -0.486 e. The molecule has 0 saturated heterocycles. The molecule has 2 N–H and O–H groups in total. The van der Waals surface area contributed by atoms with Crippen LogP contribution in [0.3, 0.4) is 0 Å². The summed E-state index contributed by atoms with van der Waals surface area (Å²) in [7, 11) is 0. The molecule has 1 atom stereocenters. The molecule has 184 valence electrons. The highest BCUT2D eigenvalue weighted by Gasteiger charge is 2.30. The van der Waals surface area contributed by atoms with Gasteiger partial charge in [0, 0.05) is 29.4 Å². The first-order valence-corrected chi connectivity index (χ1v) is 11.8. The van der Waals surface area contributed by atoms with Crippen molar-refractivity contribution in [3.05, 3.63) is 81.1 Å². The molecule has 0 radical (unpaired) electrons. The van der Waals surface area contributed by atoms with Crippen LogP contribution in [0.5, 0.6) is 0 Å². The van der Waals surface area contributed by atoms with Gasteiger partial charge in [0.1, 0.15) is 45.2 Å². The van der Waals surface area contributed by atoms with Gasteiger partial charge >= 0.3 is 0 Å². The Morgan fingerprint density at radius 1 is 1.20 bits per heavy atom. The highest BCUT2D eigenvalue weighted by atomic mass is 35.5. The quantitative estimate of drug-likeness (QED) is 0.466. The van der Waals surface area contributed by atoms with Crippen LogP contribution in [0.4, 0.5) is 14.5 Å². The number of nitrogens with zero attached hydrogens (tertiary/aromatic N) is 4. The van der Waals surface area contributed by atoms with Crippen molar-refractivity contribution in [1.82, 2.24) is 15.0 Å². The molecule has 0 aromatic carbocycles. The highest BCUT2D eigenvalue weighted by molar-refractivity contribution is 7.13. The van der Waals surface area contributed by atoms with Crippen molar-refractivity contribution in [1.29, 1.82) is 0 Å². The van der Waals surface area contributed by atoms with Crippen LogP contribution in [0.15, 0.2) is 52.5 Å². The van der Waals surface area contributed by atoms with Crippen LogP contribution in [0.25, 0.3) is 10.7 Å². The zero-order valence-corrected chi connectivity index (χ0v) is 21.0. The number of anilines is 1. The van der Waals surface area contributed by atoms with Crippen LogP contribution >= 0.6 is 22.9 Å². The lowest BCUT2D eigenvalue weighted by molar-refractivity contribution is 0.0746. The Balaban J connectivity index is 1.61. The number of aromatic nitrogens is 3. The molecular formula is C24H23ClF2N4O3S. The molecule has 0 aliphatic carbocycles. The van der Waals surface area contributed by atoms with E-state index >= 15 is 0 Å². The number of allylic oxidation sites excluding steroid dienone is 2. The van der Waals surface area contributed by atoms with E-state index in [-0.39, 0.29) is 23.1 Å². The smallest absolute Gasteiger partial charge is 0.171 e. The Labute approximate surface area is 210 Å². The fraction of sp³-hybridized carbons (Fsp3) is 0.292. The summed E-state index contributed by atoms with van der Waals surface area (Å²) in [5.41, 5.74) is 1.99. The van der Waals surface area contributed by atoms with Crippen LogP contribution in [0, 0.1) is 18.6 Å². The third kappa shape index (κ3) is 5.20. The van der Waals surface area contributed by atoms with Gasteiger partial charge in [-0.3, -0.25) is 9.97 Å². The average Bonchev–Trinajstić information content (AvgIpc) is 3.28. The van der Waals surface area contributed by atoms with Crippen molar-refractivity contribution in [3.63, 3.8) is 0 Å². The van der Waals surface area contributed by atoms with Gasteiger partial charge in [-0.1, -0.05) is 11.6 Å². The molecule has 3 aromatic rings. The molecular weight excluding hydrogens is 498 g/mol. The molecule has 4 heterocycles. The molecule has 0 saturated carbocycles. The number of hydrogen-bond acceptors (Lipinski definition) is 8. The minimum atomic E-state index is -1.28. The number of halogens is 3. The Morgan fingerprint density at radius 2 is 1.94 bits per heavy atom. The van der Waals surface area contributed by atoms with Crippen LogP contribution in [0.1, 0.15) is 37.7 Å². The van der Waals surface area contributed by atoms with Gasteiger partial charge in [-0.25, -0.2) is 13.8 Å². The fourth-order valence-electron chi connectivity index (χ4n) is 3.45. The molecule has 1 aliphatic heterocycles. The largest absolute Gasteiger partial charge is 0.486 e. The normalized spacial score (nSPS) is 16.5. The number of aliphatic hydroxyl groups excluding tert-OH is 1. The lowest BCUT2D eigenvalue weighted by Crippen LogP contribution is -2.37. The first kappa shape index (κ1) is 25.2. The predicted molar refractivity (Wildman–Crippen MR) is 129 cm³/mol. The maximum Gasteiger partial charge on any atom is 0.171 e. The molecule has 35 heavy (non-hydrogen) atoms. The molecule has 11 heteroatoms. The number of pyridine rings is 2. The Hall–Kier alpha value is -2.92. The third-order valence-corrected chi connectivity index (χ3v) is 6.61. The van der Waals surface area contributed by atoms with Gasteiger partial charge < -0.3 is 19.8 Å². The van der Waals surface area contributed by atoms with Gasteiger partial charge in [-0.15, -0.1) is 11.3 Å². The lowest BCUT2D eigenvalue weighted by Gasteiger charge is -2.35. The zero-order chi connectivity index (χ0) is 25.5. The Kier molecular flexibility index (Phi) is 6.92. The second-order valence-corrected chi connectivity index (χ2v) is 9.83. The van der Waals surface area contributed by atoms with Gasteiger partial charge in [-0.2, -0.15) is 0 Å². The predicted octanol–water partition coefficient (Wildman–Crippen LogP) is 5.12. The van der Waals surface area contributed by atoms with Gasteiger partial charge in [0.25, 0.3) is 0 Å². The van der Waals surface area contributed by atoms with E-state index in [4.69, 9.17) is 16.3 Å². The van der Waals surface area contributed by atoms with Crippen LogP contribution in [-0.4, -0.2) is 31.4 Å². The van der Waals surface area contributed by atoms with Gasteiger partial charge in [0.2, 0.25) is 0 Å². The molecule has 3 aromatic heterocycles. The maximum absolute atomic E-state index is 13.9. The summed E-state index contributed by atoms with van der Waals surface area (Å²) in [6, 6.07) is 2.51. The van der Waals surface area contributed by atoms with E-state index in [0.29, 0.717) is 27.8 Å². The zero-order valence-electron chi connectivity index (χ0n) is 19.4. The summed E-state index contributed by atoms with van der Waals surface area (Å²) in [4.78, 5) is 14.3. The summed E-state index contributed by atoms with van der Waals surface area (Å²) in [6.45, 7) is 6.64. The number of aliphatic hydroxyl groups is 2. The average molecular weight is 521 g/mol. The van der Waals surface area contributed by atoms with E-state index in [1.165, 1.54) is 11.3 Å². The fourth-order valence-corrected chi connectivity index (χ4v) is 4.61. The Morgan fingerprint density at radius 3 is 2.60 bits per heavy atom. The summed E-state index contributed by atoms with van der Waals surface area (Å²) < 4.78 is 32.6. The molecule has 0 fully saturated rings. The van der Waals surface area contributed by atoms with E-state index in [0.717, 1.165) is 17.8 Å². The van der Waals surface area contributed by atoms with E-state index in [9.17, 15) is 19.0 Å². The molecule has 4 rings (SSSR count). The molecule has 0 bridgehead atoms. The maximum atomic E-state index is 13.9. The van der Waals surface area contributed by atoms with Crippen molar-refractivity contribution in [2.24, 2.45) is 0 Å². The number of ether oxygens (including phenoxy) is 1. The van der Waals surface area contributed by atoms with E-state index < -0.39 is 23.5 Å². The third-order valence-electron chi connectivity index (χ3n) is 5.36. The first-order valence-electron chi connectivity index (χ1n) is 10.6. The lowest BCUT2D eigenvalue weighted by atomic mass is 10.1. The number of aryl methyl sites for hydroxylation is 1. The van der Waals surface area contributed by atoms with Gasteiger partial charge in [0.15, 0.2) is 12.0 Å². The van der Waals surface area contributed by atoms with E-state index in [1.54, 1.807) is 49.4 Å². The summed E-state index contributed by atoms with van der Waals surface area (Å²) in [5.74, 6) is -1.47. The van der Waals surface area contributed by atoms with Crippen molar-refractivity contribution in [3.8, 4) is 10.7 Å². The number of hydrogen-bond donors (Lipinski definition) is 2. The number of rotatable bonds is 6. The highest BCUT2D eigenvalue weighted by Crippen LogP contribution is 2.37. The Bertz CT molecular complexity index is 1340. The topological polar surface area (TPSA) is 91.6 Å². The van der Waals surface area contributed by atoms with Crippen LogP contribution in [0.2, 0.25) is 0 Å². The van der Waals surface area contributed by atoms with Crippen molar-refractivity contribution in [2.75, 3.05) is 4.90 Å². The molecule has 7 nitrogen and oxygen atoms in total. The minimum absolute atomic E-state index is 0.00514. The van der Waals surface area contributed by atoms with Gasteiger partial charge in [-0.05, 0) is 39.3 Å². The van der Waals surface area contributed by atoms with Crippen molar-refractivity contribution < 1.29 is 23.7 Å². The molecule has 0 unspecified atom stereocenters. The summed E-state index contributed by atoms with van der Waals surface area (Å²) >= 11 is 7.78. The summed E-state index contributed by atoms with van der Waals surface area (Å²) in [6.07, 6.45) is 2.90. The monoisotopic (exact) mass is 520 g/mol. The molecule has 1 aliphatic rings. The second kappa shape index (κ2) is 9.62. The number of thiazole rings is 1. The van der Waals surface area contributed by atoms with Crippen molar-refractivity contribution in [2.45, 2.75) is 46.1 Å². The van der Waals surface area contributed by atoms with Crippen molar-refractivity contribution >= 4 is 28.6 Å². The van der Waals surface area contributed by atoms with E-state index in [1.807, 2.05) is 6.92 Å². The standard InChI is InChI=1S/C24H23ClF2N4O3S/c1-12-8-28-16(22-30-20(11-35-22)24(3,4)33)7-18(12)31-13(2)5-19(21(25)23(31)32)34-10-17-15(27)6-14(26)9-29-17/h5-9,11,23,32-33H,10H2,1-4H3/t23-/m1/s1. The van der Waals surface area contributed by atoms with E-state index in [2.05, 4.69) is 15.0 Å².